The van der Waals surface area contributed by atoms with E-state index in [0.29, 0.717) is 17.3 Å². The first-order chi connectivity index (χ1) is 7.49. The van der Waals surface area contributed by atoms with Gasteiger partial charge in [0.15, 0.2) is 5.96 Å². The SMILES string of the molecule is CCC(CC)(CC)CN=C(N)NCC(C)C.I. The van der Waals surface area contributed by atoms with E-state index >= 15 is 0 Å². The molecule has 3 nitrogen and oxygen atoms in total. The van der Waals surface area contributed by atoms with Crippen molar-refractivity contribution in [3.8, 4) is 0 Å². The summed E-state index contributed by atoms with van der Waals surface area (Å²) in [5.41, 5.74) is 6.17. The number of aliphatic imine (C=N–C) groups is 1. The van der Waals surface area contributed by atoms with Crippen LogP contribution in [-0.4, -0.2) is 19.0 Å². The van der Waals surface area contributed by atoms with Crippen molar-refractivity contribution in [3.05, 3.63) is 0 Å². The summed E-state index contributed by atoms with van der Waals surface area (Å²) in [6.45, 7) is 12.8. The van der Waals surface area contributed by atoms with E-state index < -0.39 is 0 Å². The largest absolute Gasteiger partial charge is 0.370 e. The Bertz CT molecular complexity index is 202. The van der Waals surface area contributed by atoms with E-state index in [1.807, 2.05) is 0 Å². The number of nitrogens with one attached hydrogen (secondary N) is 1. The van der Waals surface area contributed by atoms with Gasteiger partial charge in [-0.3, -0.25) is 4.99 Å². The molecule has 0 aliphatic carbocycles. The minimum absolute atomic E-state index is 0. The number of hydrogen-bond acceptors (Lipinski definition) is 1. The molecule has 17 heavy (non-hydrogen) atoms. The summed E-state index contributed by atoms with van der Waals surface area (Å²) < 4.78 is 0. The van der Waals surface area contributed by atoms with Crippen LogP contribution >= 0.6 is 24.0 Å². The van der Waals surface area contributed by atoms with Crippen LogP contribution in [-0.2, 0) is 0 Å². The minimum Gasteiger partial charge on any atom is -0.370 e. The van der Waals surface area contributed by atoms with Gasteiger partial charge in [-0.1, -0.05) is 34.6 Å². The quantitative estimate of drug-likeness (QED) is 0.418. The number of rotatable bonds is 7. The number of halogens is 1. The van der Waals surface area contributed by atoms with Gasteiger partial charge in [-0.05, 0) is 30.6 Å². The molecule has 0 aliphatic rings. The molecule has 3 N–H and O–H groups in total. The highest BCUT2D eigenvalue weighted by Crippen LogP contribution is 2.30. The molecule has 0 aromatic rings. The Morgan fingerprint density at radius 1 is 1.18 bits per heavy atom. The molecular formula is C13H30IN3. The van der Waals surface area contributed by atoms with Gasteiger partial charge >= 0.3 is 0 Å². The molecule has 0 bridgehead atoms. The molecule has 0 aromatic heterocycles. The van der Waals surface area contributed by atoms with E-state index in [0.717, 1.165) is 13.1 Å². The van der Waals surface area contributed by atoms with E-state index in [1.54, 1.807) is 0 Å². The zero-order valence-corrected chi connectivity index (χ0v) is 14.4. The Kier molecular flexibility index (Phi) is 11.3. The summed E-state index contributed by atoms with van der Waals surface area (Å²) >= 11 is 0. The highest BCUT2D eigenvalue weighted by molar-refractivity contribution is 14.0. The minimum atomic E-state index is 0. The standard InChI is InChI=1S/C13H29N3.HI/c1-6-13(7-2,8-3)10-16-12(14)15-9-11(4)5;/h11H,6-10H2,1-5H3,(H3,14,15,16);1H. The lowest BCUT2D eigenvalue weighted by Crippen LogP contribution is -2.35. The lowest BCUT2D eigenvalue weighted by atomic mass is 9.80. The molecule has 0 atom stereocenters. The highest BCUT2D eigenvalue weighted by atomic mass is 127. The van der Waals surface area contributed by atoms with Gasteiger partial charge in [0.2, 0.25) is 0 Å². The highest BCUT2D eigenvalue weighted by Gasteiger charge is 2.23. The van der Waals surface area contributed by atoms with Gasteiger partial charge in [0.05, 0.1) is 0 Å². The predicted molar refractivity (Wildman–Crippen MR) is 88.1 cm³/mol. The first kappa shape index (κ1) is 19.3. The van der Waals surface area contributed by atoms with Crippen molar-refractivity contribution in [2.24, 2.45) is 22.1 Å². The van der Waals surface area contributed by atoms with Crippen molar-refractivity contribution < 1.29 is 0 Å². The average Bonchev–Trinajstić information content (AvgIpc) is 2.29. The average molecular weight is 355 g/mol. The fourth-order valence-electron chi connectivity index (χ4n) is 1.70. The Balaban J connectivity index is 0. The Morgan fingerprint density at radius 3 is 2.00 bits per heavy atom. The van der Waals surface area contributed by atoms with Gasteiger partial charge in [0, 0.05) is 13.1 Å². The molecule has 0 radical (unpaired) electrons. The van der Waals surface area contributed by atoms with Crippen LogP contribution in [0, 0.1) is 11.3 Å². The molecular weight excluding hydrogens is 325 g/mol. The second-order valence-electron chi connectivity index (χ2n) is 5.04. The molecule has 0 heterocycles. The van der Waals surface area contributed by atoms with Crippen LogP contribution in [0.5, 0.6) is 0 Å². The maximum atomic E-state index is 5.83. The molecule has 104 valence electrons. The Morgan fingerprint density at radius 2 is 1.65 bits per heavy atom. The Hall–Kier alpha value is 0. The molecule has 0 saturated carbocycles. The molecule has 0 aromatic carbocycles. The summed E-state index contributed by atoms with van der Waals surface area (Å²) in [6, 6.07) is 0. The van der Waals surface area contributed by atoms with Crippen LogP contribution in [0.4, 0.5) is 0 Å². The number of guanidine groups is 1. The van der Waals surface area contributed by atoms with Crippen molar-refractivity contribution >= 4 is 29.9 Å². The van der Waals surface area contributed by atoms with Crippen molar-refractivity contribution in [2.75, 3.05) is 13.1 Å². The van der Waals surface area contributed by atoms with E-state index in [2.05, 4.69) is 44.9 Å². The van der Waals surface area contributed by atoms with Crippen LogP contribution in [0.1, 0.15) is 53.9 Å². The van der Waals surface area contributed by atoms with Crippen LogP contribution in [0.2, 0.25) is 0 Å². The smallest absolute Gasteiger partial charge is 0.188 e. The summed E-state index contributed by atoms with van der Waals surface area (Å²) in [5, 5.41) is 3.15. The van der Waals surface area contributed by atoms with E-state index in [1.165, 1.54) is 19.3 Å². The van der Waals surface area contributed by atoms with Gasteiger partial charge in [-0.25, -0.2) is 0 Å². The lowest BCUT2D eigenvalue weighted by Gasteiger charge is -2.28. The molecule has 0 spiro atoms. The maximum Gasteiger partial charge on any atom is 0.188 e. The molecule has 0 aliphatic heterocycles. The molecule has 0 saturated heterocycles. The zero-order valence-electron chi connectivity index (χ0n) is 12.0. The van der Waals surface area contributed by atoms with Crippen molar-refractivity contribution in [2.45, 2.75) is 53.9 Å². The first-order valence-corrected chi connectivity index (χ1v) is 6.53. The van der Waals surface area contributed by atoms with Gasteiger partial charge < -0.3 is 11.1 Å². The third kappa shape index (κ3) is 7.84. The summed E-state index contributed by atoms with van der Waals surface area (Å²) in [7, 11) is 0. The predicted octanol–water partition coefficient (Wildman–Crippen LogP) is 3.38. The summed E-state index contributed by atoms with van der Waals surface area (Å²) in [5.74, 6) is 1.19. The van der Waals surface area contributed by atoms with Gasteiger partial charge in [0.25, 0.3) is 0 Å². The molecule has 0 amide bonds. The monoisotopic (exact) mass is 355 g/mol. The van der Waals surface area contributed by atoms with Crippen molar-refractivity contribution in [3.63, 3.8) is 0 Å². The van der Waals surface area contributed by atoms with Gasteiger partial charge in [-0.2, -0.15) is 0 Å². The van der Waals surface area contributed by atoms with Gasteiger partial charge in [-0.15, -0.1) is 24.0 Å². The second kappa shape index (κ2) is 9.97. The summed E-state index contributed by atoms with van der Waals surface area (Å²) in [4.78, 5) is 4.46. The van der Waals surface area contributed by atoms with Crippen LogP contribution < -0.4 is 11.1 Å². The normalized spacial score (nSPS) is 12.5. The molecule has 0 unspecified atom stereocenters. The van der Waals surface area contributed by atoms with Crippen LogP contribution in [0.3, 0.4) is 0 Å². The van der Waals surface area contributed by atoms with Crippen molar-refractivity contribution in [1.29, 1.82) is 0 Å². The third-order valence-corrected chi connectivity index (χ3v) is 3.53. The maximum absolute atomic E-state index is 5.83. The fourth-order valence-corrected chi connectivity index (χ4v) is 1.70. The van der Waals surface area contributed by atoms with E-state index in [-0.39, 0.29) is 24.0 Å². The molecule has 4 heteroatoms. The zero-order chi connectivity index (χ0) is 12.6. The molecule has 0 fully saturated rings. The lowest BCUT2D eigenvalue weighted by molar-refractivity contribution is 0.263. The number of hydrogen-bond donors (Lipinski definition) is 2. The topological polar surface area (TPSA) is 50.4 Å². The van der Waals surface area contributed by atoms with Crippen LogP contribution in [0.25, 0.3) is 0 Å². The fraction of sp³-hybridized carbons (Fsp3) is 0.923. The third-order valence-electron chi connectivity index (χ3n) is 3.53. The Labute approximate surface area is 124 Å². The van der Waals surface area contributed by atoms with Gasteiger partial charge in [0.1, 0.15) is 0 Å². The first-order valence-electron chi connectivity index (χ1n) is 6.53. The number of nitrogens with zero attached hydrogens (tertiary/aromatic N) is 1. The van der Waals surface area contributed by atoms with E-state index in [4.69, 9.17) is 5.73 Å². The second-order valence-corrected chi connectivity index (χ2v) is 5.04. The number of nitrogens with two attached hydrogens (primary N) is 1. The molecule has 0 rings (SSSR count). The van der Waals surface area contributed by atoms with E-state index in [9.17, 15) is 0 Å². The van der Waals surface area contributed by atoms with Crippen LogP contribution in [0.15, 0.2) is 4.99 Å². The van der Waals surface area contributed by atoms with Crippen molar-refractivity contribution in [1.82, 2.24) is 5.32 Å². The summed E-state index contributed by atoms with van der Waals surface area (Å²) in [6.07, 6.45) is 3.50.